The minimum atomic E-state index is -4.62. The Labute approximate surface area is 160 Å². The summed E-state index contributed by atoms with van der Waals surface area (Å²) in [6.45, 7) is 0. The summed E-state index contributed by atoms with van der Waals surface area (Å²) in [6, 6.07) is 2.39. The molecule has 0 aromatic heterocycles. The monoisotopic (exact) mass is 481 g/mol. The van der Waals surface area contributed by atoms with E-state index in [4.69, 9.17) is 34.8 Å². The Bertz CT molecular complexity index is 714. The molecule has 1 unspecified atom stereocenters. The van der Waals surface area contributed by atoms with Gasteiger partial charge in [-0.15, -0.1) is 0 Å². The van der Waals surface area contributed by atoms with Crippen molar-refractivity contribution >= 4 is 66.1 Å². The van der Waals surface area contributed by atoms with Gasteiger partial charge in [-0.25, -0.2) is 4.67 Å². The first-order valence-corrected chi connectivity index (χ1v) is 9.83. The van der Waals surface area contributed by atoms with Crippen LogP contribution in [-0.4, -0.2) is 26.7 Å². The third-order valence-electron chi connectivity index (χ3n) is 3.17. The van der Waals surface area contributed by atoms with E-state index >= 15 is 0 Å². The first kappa shape index (κ1) is 19.8. The minimum absolute atomic E-state index is 0.00458. The summed E-state index contributed by atoms with van der Waals surface area (Å²) in [6.07, 6.45) is -5.31. The molecule has 1 aliphatic heterocycles. The fourth-order valence-electron chi connectivity index (χ4n) is 2.17. The minimum Gasteiger partial charge on any atom is -0.269 e. The summed E-state index contributed by atoms with van der Waals surface area (Å²) in [5.41, 5.74) is -1.02. The lowest BCUT2D eigenvalue weighted by molar-refractivity contribution is -0.137. The molecule has 1 aromatic rings. The lowest BCUT2D eigenvalue weighted by Crippen LogP contribution is -2.45. The van der Waals surface area contributed by atoms with Gasteiger partial charge in [0, 0.05) is 0 Å². The molecule has 3 nitrogen and oxygen atoms in total. The third-order valence-corrected chi connectivity index (χ3v) is 6.40. The van der Waals surface area contributed by atoms with Crippen molar-refractivity contribution < 1.29 is 17.6 Å². The van der Waals surface area contributed by atoms with Gasteiger partial charge in [0.05, 0.1) is 38.7 Å². The van der Waals surface area contributed by atoms with Gasteiger partial charge < -0.3 is 0 Å². The molecule has 0 amide bonds. The molecule has 1 aromatic carbocycles. The van der Waals surface area contributed by atoms with Crippen LogP contribution in [0, 0.1) is 11.3 Å². The predicted octanol–water partition coefficient (Wildman–Crippen LogP) is 4.75. The fraction of sp³-hybridized carbons (Fsp3) is 0.250. The molecule has 1 heterocycles. The normalized spacial score (nSPS) is 19.6. The maximum Gasteiger partial charge on any atom is 0.416 e. The Balaban J connectivity index is 2.60. The van der Waals surface area contributed by atoms with Crippen molar-refractivity contribution in [2.45, 2.75) is 12.2 Å². The SMILES string of the molecule is N#CC1C(Cl)=C(Br)N(c2c(Cl)cc(C(F)(F)F)cc2Cl)N1[SiH2]CF. The van der Waals surface area contributed by atoms with Gasteiger partial charge in [-0.2, -0.15) is 18.4 Å². The van der Waals surface area contributed by atoms with E-state index in [-0.39, 0.29) is 25.4 Å². The van der Waals surface area contributed by atoms with Crippen LogP contribution in [0.15, 0.2) is 21.8 Å². The van der Waals surface area contributed by atoms with E-state index in [0.717, 1.165) is 0 Å². The number of anilines is 1. The average molecular weight is 484 g/mol. The molecule has 1 aliphatic rings. The van der Waals surface area contributed by atoms with Crippen LogP contribution in [0.25, 0.3) is 0 Å². The molecular formula is C12H7BrCl3F4N3Si. The van der Waals surface area contributed by atoms with Gasteiger partial charge in [-0.1, -0.05) is 34.8 Å². The van der Waals surface area contributed by atoms with Crippen molar-refractivity contribution in [1.29, 1.82) is 5.26 Å². The highest BCUT2D eigenvalue weighted by Gasteiger charge is 2.40. The Morgan fingerprint density at radius 2 is 1.79 bits per heavy atom. The number of benzene rings is 1. The topological polar surface area (TPSA) is 30.3 Å². The van der Waals surface area contributed by atoms with E-state index in [0.29, 0.717) is 12.1 Å². The van der Waals surface area contributed by atoms with Crippen LogP contribution in [0.4, 0.5) is 23.2 Å². The van der Waals surface area contributed by atoms with Gasteiger partial charge in [0.1, 0.15) is 10.6 Å². The van der Waals surface area contributed by atoms with Gasteiger partial charge in [0.25, 0.3) is 0 Å². The lowest BCUT2D eigenvalue weighted by Gasteiger charge is -2.33. The lowest BCUT2D eigenvalue weighted by atomic mass is 10.2. The smallest absolute Gasteiger partial charge is 0.269 e. The van der Waals surface area contributed by atoms with E-state index in [1.54, 1.807) is 0 Å². The summed E-state index contributed by atoms with van der Waals surface area (Å²) in [5.74, 6) is 0. The molecule has 0 spiro atoms. The second-order valence-corrected chi connectivity index (χ2v) is 8.07. The molecule has 0 aliphatic carbocycles. The van der Waals surface area contributed by atoms with E-state index < -0.39 is 33.8 Å². The van der Waals surface area contributed by atoms with E-state index in [1.165, 1.54) is 9.68 Å². The second kappa shape index (κ2) is 7.39. The third kappa shape index (κ3) is 3.54. The Morgan fingerprint density at radius 1 is 1.25 bits per heavy atom. The van der Waals surface area contributed by atoms with Crippen molar-refractivity contribution in [2.75, 3.05) is 11.3 Å². The van der Waals surface area contributed by atoms with Crippen LogP contribution in [0.2, 0.25) is 10.0 Å². The van der Waals surface area contributed by atoms with Gasteiger partial charge in [-0.05, 0) is 28.1 Å². The summed E-state index contributed by atoms with van der Waals surface area (Å²) < 4.78 is 53.0. The summed E-state index contributed by atoms with van der Waals surface area (Å²) in [4.78, 5) is 0. The van der Waals surface area contributed by atoms with Crippen molar-refractivity contribution in [3.63, 3.8) is 0 Å². The molecule has 0 bridgehead atoms. The fourth-order valence-corrected chi connectivity index (χ4v) is 5.16. The van der Waals surface area contributed by atoms with Crippen molar-refractivity contribution in [2.24, 2.45) is 0 Å². The van der Waals surface area contributed by atoms with Crippen LogP contribution in [0.5, 0.6) is 0 Å². The van der Waals surface area contributed by atoms with Crippen LogP contribution in [-0.2, 0) is 6.18 Å². The molecular weight excluding hydrogens is 476 g/mol. The number of rotatable bonds is 3. The first-order valence-electron chi connectivity index (χ1n) is 6.27. The molecule has 0 saturated heterocycles. The van der Waals surface area contributed by atoms with Gasteiger partial charge >= 0.3 is 6.18 Å². The zero-order valence-electron chi connectivity index (χ0n) is 11.5. The number of halogens is 8. The molecule has 12 heteroatoms. The maximum absolute atomic E-state index is 12.9. The molecule has 130 valence electrons. The maximum atomic E-state index is 12.9. The van der Waals surface area contributed by atoms with E-state index in [9.17, 15) is 22.8 Å². The summed E-state index contributed by atoms with van der Waals surface area (Å²) >= 11 is 21.2. The van der Waals surface area contributed by atoms with Crippen LogP contribution in [0.1, 0.15) is 5.56 Å². The van der Waals surface area contributed by atoms with E-state index in [1.807, 2.05) is 6.07 Å². The highest BCUT2D eigenvalue weighted by molar-refractivity contribution is 9.11. The highest BCUT2D eigenvalue weighted by Crippen LogP contribution is 2.46. The first-order chi connectivity index (χ1) is 11.1. The zero-order chi connectivity index (χ0) is 18.2. The number of alkyl halides is 4. The number of hydrogen-bond donors (Lipinski definition) is 0. The van der Waals surface area contributed by atoms with Crippen LogP contribution in [0.3, 0.4) is 0 Å². The van der Waals surface area contributed by atoms with Gasteiger partial charge in [-0.3, -0.25) is 9.40 Å². The average Bonchev–Trinajstić information content (AvgIpc) is 2.70. The number of nitrogens with zero attached hydrogens (tertiary/aromatic N) is 3. The Kier molecular flexibility index (Phi) is 6.11. The number of hydrogen-bond acceptors (Lipinski definition) is 3. The largest absolute Gasteiger partial charge is 0.416 e. The predicted molar refractivity (Wildman–Crippen MR) is 91.5 cm³/mol. The quantitative estimate of drug-likeness (QED) is 0.353. The molecule has 0 saturated carbocycles. The van der Waals surface area contributed by atoms with Crippen LogP contribution >= 0.6 is 50.7 Å². The van der Waals surface area contributed by atoms with Crippen molar-refractivity contribution in [1.82, 2.24) is 4.67 Å². The molecule has 0 fully saturated rings. The molecule has 2 rings (SSSR count). The van der Waals surface area contributed by atoms with Gasteiger partial charge in [0.2, 0.25) is 0 Å². The Hall–Kier alpha value is -0.503. The summed E-state index contributed by atoms with van der Waals surface area (Å²) in [5, 5.41) is 9.97. The Morgan fingerprint density at radius 3 is 2.21 bits per heavy atom. The van der Waals surface area contributed by atoms with Crippen molar-refractivity contribution in [3.8, 4) is 6.07 Å². The summed E-state index contributed by atoms with van der Waals surface area (Å²) in [7, 11) is -1.61. The number of nitriles is 1. The molecule has 24 heavy (non-hydrogen) atoms. The molecule has 0 radical (unpaired) electrons. The number of hydrazine groups is 1. The van der Waals surface area contributed by atoms with Gasteiger partial charge in [0.15, 0.2) is 9.68 Å². The highest BCUT2D eigenvalue weighted by atomic mass is 79.9. The van der Waals surface area contributed by atoms with Crippen molar-refractivity contribution in [3.05, 3.63) is 37.4 Å². The van der Waals surface area contributed by atoms with E-state index in [2.05, 4.69) is 15.9 Å². The van der Waals surface area contributed by atoms with Crippen LogP contribution < -0.4 is 5.01 Å². The molecule has 0 N–H and O–H groups in total. The molecule has 1 atom stereocenters. The standard InChI is InChI=1S/C12H7BrCl3F4N3Si/c13-11-9(16)8(3-21)23(24-4-17)22(11)10-6(14)1-5(2-7(10)15)12(18,19)20/h1-2,8H,4,24H2. The zero-order valence-corrected chi connectivity index (χ0v) is 16.8. The second-order valence-electron chi connectivity index (χ2n) is 4.62.